The highest BCUT2D eigenvalue weighted by atomic mass is 19.4. The minimum Gasteiger partial charge on any atom is -0.475 e. The lowest BCUT2D eigenvalue weighted by molar-refractivity contribution is -0.192. The van der Waals surface area contributed by atoms with E-state index in [1.54, 1.807) is 24.3 Å². The molecular weight excluding hydrogens is 571 g/mol. The fourth-order valence-corrected chi connectivity index (χ4v) is 4.30. The minimum absolute atomic E-state index is 0.0630. The van der Waals surface area contributed by atoms with E-state index >= 15 is 0 Å². The fraction of sp³-hybridized carbons (Fsp3) is 0.250. The lowest BCUT2D eigenvalue weighted by Crippen LogP contribution is -2.36. The molecule has 2 aromatic carbocycles. The van der Waals surface area contributed by atoms with Crippen LogP contribution in [0.1, 0.15) is 23.0 Å². The van der Waals surface area contributed by atoms with Crippen molar-refractivity contribution in [3.05, 3.63) is 72.2 Å². The van der Waals surface area contributed by atoms with Gasteiger partial charge in [-0.2, -0.15) is 18.3 Å². The number of urea groups is 1. The third-order valence-corrected chi connectivity index (χ3v) is 6.37. The number of amides is 2. The summed E-state index contributed by atoms with van der Waals surface area (Å²) in [4.78, 5) is 39.5. The Balaban J connectivity index is 0.000000541. The van der Waals surface area contributed by atoms with Crippen LogP contribution in [0.15, 0.2) is 60.9 Å². The molecule has 1 fully saturated rings. The van der Waals surface area contributed by atoms with Gasteiger partial charge in [-0.15, -0.1) is 0 Å². The molecule has 2 aromatic heterocycles. The van der Waals surface area contributed by atoms with E-state index in [4.69, 9.17) is 20.4 Å². The normalized spacial score (nSPS) is 13.6. The van der Waals surface area contributed by atoms with E-state index in [1.807, 2.05) is 28.8 Å². The van der Waals surface area contributed by atoms with Crippen molar-refractivity contribution >= 4 is 40.5 Å². The summed E-state index contributed by atoms with van der Waals surface area (Å²) in [6.45, 7) is 5.39. The maximum absolute atomic E-state index is 12.5. The standard InChI is InChI=1S/C26H27N7O3.C2HF3O2/c1-17(34)19-3-2-4-21(13-19)31-26(35)30-20-7-5-18(6-8-20)23-14-22(15-32-9-11-36-12-10-32)33-24(23)25(27)28-16-29-33;3-2(4,5)1(6)7/h2-8,13-14,16H,9-12,15H2,1H3,(H2,27,28,29)(H2,30,31,35);(H,6,7). The summed E-state index contributed by atoms with van der Waals surface area (Å²) in [5, 5.41) is 17.1. The monoisotopic (exact) mass is 599 g/mol. The highest BCUT2D eigenvalue weighted by Gasteiger charge is 2.38. The van der Waals surface area contributed by atoms with Crippen molar-refractivity contribution in [1.29, 1.82) is 0 Å². The summed E-state index contributed by atoms with van der Waals surface area (Å²) in [5.74, 6) is -2.41. The Morgan fingerprint density at radius 3 is 2.30 bits per heavy atom. The van der Waals surface area contributed by atoms with E-state index < -0.39 is 18.2 Å². The maximum atomic E-state index is 12.5. The zero-order chi connectivity index (χ0) is 31.1. The van der Waals surface area contributed by atoms with Crippen LogP contribution >= 0.6 is 0 Å². The van der Waals surface area contributed by atoms with Gasteiger partial charge in [0.2, 0.25) is 0 Å². The molecule has 4 aromatic rings. The molecule has 15 heteroatoms. The van der Waals surface area contributed by atoms with Crippen LogP contribution in [0.4, 0.5) is 35.2 Å². The highest BCUT2D eigenvalue weighted by molar-refractivity contribution is 6.01. The number of nitrogens with zero attached hydrogens (tertiary/aromatic N) is 4. The molecule has 5 N–H and O–H groups in total. The van der Waals surface area contributed by atoms with Crippen LogP contribution in [0, 0.1) is 0 Å². The number of alkyl halides is 3. The first-order chi connectivity index (χ1) is 20.4. The van der Waals surface area contributed by atoms with Crippen molar-refractivity contribution in [2.75, 3.05) is 42.7 Å². The van der Waals surface area contributed by atoms with Crippen molar-refractivity contribution in [3.63, 3.8) is 0 Å². The molecule has 0 radical (unpaired) electrons. The van der Waals surface area contributed by atoms with Gasteiger partial charge in [-0.1, -0.05) is 24.3 Å². The number of fused-ring (bicyclic) bond motifs is 1. The van der Waals surface area contributed by atoms with Gasteiger partial charge in [-0.25, -0.2) is 19.1 Å². The smallest absolute Gasteiger partial charge is 0.475 e. The number of morpholine rings is 1. The number of aliphatic carboxylic acids is 1. The molecule has 0 spiro atoms. The van der Waals surface area contributed by atoms with Crippen LogP contribution in [0.25, 0.3) is 16.6 Å². The highest BCUT2D eigenvalue weighted by Crippen LogP contribution is 2.31. The third kappa shape index (κ3) is 8.05. The van der Waals surface area contributed by atoms with Crippen molar-refractivity contribution in [3.8, 4) is 11.1 Å². The second kappa shape index (κ2) is 13.3. The summed E-state index contributed by atoms with van der Waals surface area (Å²) in [7, 11) is 0. The largest absolute Gasteiger partial charge is 0.490 e. The summed E-state index contributed by atoms with van der Waals surface area (Å²) >= 11 is 0. The van der Waals surface area contributed by atoms with E-state index in [2.05, 4.69) is 31.7 Å². The minimum atomic E-state index is -5.08. The van der Waals surface area contributed by atoms with Gasteiger partial charge in [0.25, 0.3) is 0 Å². The Labute approximate surface area is 243 Å². The maximum Gasteiger partial charge on any atom is 0.490 e. The average molecular weight is 600 g/mol. The van der Waals surface area contributed by atoms with Crippen molar-refractivity contribution in [2.45, 2.75) is 19.6 Å². The Morgan fingerprint density at radius 2 is 1.67 bits per heavy atom. The molecule has 1 saturated heterocycles. The van der Waals surface area contributed by atoms with Gasteiger partial charge < -0.3 is 26.2 Å². The molecule has 0 saturated carbocycles. The number of ether oxygens (including phenoxy) is 1. The zero-order valence-electron chi connectivity index (χ0n) is 22.9. The van der Waals surface area contributed by atoms with Crippen LogP contribution in [-0.4, -0.2) is 74.9 Å². The van der Waals surface area contributed by atoms with Crippen molar-refractivity contribution < 1.29 is 37.4 Å². The number of carboxylic acids is 1. The Morgan fingerprint density at radius 1 is 1.02 bits per heavy atom. The molecule has 12 nitrogen and oxygen atoms in total. The summed E-state index contributed by atoms with van der Waals surface area (Å²) in [6.07, 6.45) is -3.62. The summed E-state index contributed by atoms with van der Waals surface area (Å²) < 4.78 is 39.0. The number of carboxylic acid groups (broad SMARTS) is 1. The second-order valence-electron chi connectivity index (χ2n) is 9.44. The number of nitrogen functional groups attached to an aromatic ring is 1. The van der Waals surface area contributed by atoms with Crippen molar-refractivity contribution in [1.82, 2.24) is 19.5 Å². The van der Waals surface area contributed by atoms with E-state index in [9.17, 15) is 22.8 Å². The van der Waals surface area contributed by atoms with Gasteiger partial charge in [-0.3, -0.25) is 9.69 Å². The Hall–Kier alpha value is -5.02. The molecule has 0 bridgehead atoms. The molecule has 3 heterocycles. The molecule has 0 unspecified atom stereocenters. The molecular formula is C28H28F3N7O5. The van der Waals surface area contributed by atoms with Gasteiger partial charge in [0.05, 0.1) is 18.9 Å². The quantitative estimate of drug-likeness (QED) is 0.237. The predicted molar refractivity (Wildman–Crippen MR) is 152 cm³/mol. The number of halogens is 3. The van der Waals surface area contributed by atoms with Gasteiger partial charge in [0.1, 0.15) is 11.8 Å². The van der Waals surface area contributed by atoms with E-state index in [0.29, 0.717) is 22.8 Å². The average Bonchev–Trinajstić information content (AvgIpc) is 3.33. The first-order valence-corrected chi connectivity index (χ1v) is 12.9. The lowest BCUT2D eigenvalue weighted by Gasteiger charge is -2.26. The SMILES string of the molecule is CC(=O)c1cccc(NC(=O)Nc2ccc(-c3cc(CN4CCOCC4)n4ncnc(N)c34)cc2)c1.O=C(O)C(F)(F)F. The summed E-state index contributed by atoms with van der Waals surface area (Å²) in [5.41, 5.74) is 11.6. The summed E-state index contributed by atoms with van der Waals surface area (Å²) in [6, 6.07) is 16.0. The second-order valence-corrected chi connectivity index (χ2v) is 9.44. The number of carbonyl (C=O) groups is 3. The third-order valence-electron chi connectivity index (χ3n) is 6.37. The number of hydrogen-bond donors (Lipinski definition) is 4. The molecule has 5 rings (SSSR count). The number of hydrogen-bond acceptors (Lipinski definition) is 8. The van der Waals surface area contributed by atoms with Gasteiger partial charge in [0, 0.05) is 42.1 Å². The number of ketones is 1. The number of nitrogens with one attached hydrogen (secondary N) is 2. The number of carbonyl (C=O) groups excluding carboxylic acids is 2. The van der Waals surface area contributed by atoms with Gasteiger partial charge >= 0.3 is 18.2 Å². The van der Waals surface area contributed by atoms with Crippen LogP contribution in [0.2, 0.25) is 0 Å². The molecule has 0 atom stereocenters. The first kappa shape index (κ1) is 30.9. The van der Waals surface area contributed by atoms with E-state index in [0.717, 1.165) is 55.2 Å². The number of anilines is 3. The number of rotatable bonds is 6. The Kier molecular flexibility index (Phi) is 9.57. The number of aromatic nitrogens is 3. The topological polar surface area (TPSA) is 164 Å². The van der Waals surface area contributed by atoms with Crippen LogP contribution in [0.5, 0.6) is 0 Å². The molecule has 226 valence electrons. The van der Waals surface area contributed by atoms with E-state index in [-0.39, 0.29) is 5.78 Å². The number of benzene rings is 2. The zero-order valence-corrected chi connectivity index (χ0v) is 22.9. The Bertz CT molecular complexity index is 1620. The number of Topliss-reactive ketones (excluding diaryl/α,β-unsaturated/α-hetero) is 1. The van der Waals surface area contributed by atoms with Gasteiger partial charge in [0.15, 0.2) is 11.6 Å². The lowest BCUT2D eigenvalue weighted by atomic mass is 10.1. The van der Waals surface area contributed by atoms with E-state index in [1.165, 1.54) is 13.3 Å². The molecule has 2 amide bonds. The van der Waals surface area contributed by atoms with Crippen LogP contribution in [-0.2, 0) is 16.1 Å². The molecule has 1 aliphatic rings. The predicted octanol–water partition coefficient (Wildman–Crippen LogP) is 4.29. The molecule has 1 aliphatic heterocycles. The van der Waals surface area contributed by atoms with Crippen LogP contribution in [0.3, 0.4) is 0 Å². The van der Waals surface area contributed by atoms with Crippen molar-refractivity contribution in [2.24, 2.45) is 0 Å². The molecule has 43 heavy (non-hydrogen) atoms. The fourth-order valence-electron chi connectivity index (χ4n) is 4.30. The molecule has 0 aliphatic carbocycles. The van der Waals surface area contributed by atoms with Crippen LogP contribution < -0.4 is 16.4 Å². The van der Waals surface area contributed by atoms with Gasteiger partial charge in [-0.05, 0) is 42.8 Å². The number of nitrogens with two attached hydrogens (primary N) is 1. The first-order valence-electron chi connectivity index (χ1n) is 12.9.